The molecule has 20 heavy (non-hydrogen) atoms. The van der Waals surface area contributed by atoms with Gasteiger partial charge in [-0.2, -0.15) is 0 Å². The highest BCUT2D eigenvalue weighted by Crippen LogP contribution is 2.22. The Labute approximate surface area is 124 Å². The minimum Gasteiger partial charge on any atom is -0.350 e. The summed E-state index contributed by atoms with van der Waals surface area (Å²) in [7, 11) is 0. The Morgan fingerprint density at radius 2 is 1.80 bits per heavy atom. The van der Waals surface area contributed by atoms with Crippen molar-refractivity contribution in [1.82, 2.24) is 5.32 Å². The van der Waals surface area contributed by atoms with E-state index in [4.69, 9.17) is 5.73 Å². The number of rotatable bonds is 6. The second-order valence-corrected chi connectivity index (χ2v) is 5.29. The fourth-order valence-corrected chi connectivity index (χ4v) is 1.71. The van der Waals surface area contributed by atoms with E-state index in [0.29, 0.717) is 6.42 Å². The lowest BCUT2D eigenvalue weighted by molar-refractivity contribution is -0.131. The van der Waals surface area contributed by atoms with Crippen molar-refractivity contribution >= 4 is 18.3 Å². The minimum absolute atomic E-state index is 0. The summed E-state index contributed by atoms with van der Waals surface area (Å²) in [4.78, 5) is 11.9. The summed E-state index contributed by atoms with van der Waals surface area (Å²) >= 11 is 0. The fraction of sp³-hybridized carbons (Fsp3) is 0.500. The van der Waals surface area contributed by atoms with Gasteiger partial charge in [-0.1, -0.05) is 44.2 Å². The van der Waals surface area contributed by atoms with E-state index in [1.807, 2.05) is 30.3 Å². The van der Waals surface area contributed by atoms with Crippen molar-refractivity contribution in [2.24, 2.45) is 11.1 Å². The average molecular weight is 307 g/mol. The van der Waals surface area contributed by atoms with Gasteiger partial charge in [0, 0.05) is 5.41 Å². The smallest absolute Gasteiger partial charge is 0.277 e. The van der Waals surface area contributed by atoms with E-state index in [0.717, 1.165) is 5.56 Å². The van der Waals surface area contributed by atoms with Crippen molar-refractivity contribution in [1.29, 1.82) is 0 Å². The van der Waals surface area contributed by atoms with Crippen molar-refractivity contribution in [3.63, 3.8) is 0 Å². The zero-order valence-corrected chi connectivity index (χ0v) is 12.5. The highest BCUT2D eigenvalue weighted by Gasteiger charge is 2.32. The molecule has 0 radical (unpaired) electrons. The summed E-state index contributed by atoms with van der Waals surface area (Å²) in [5.74, 6) is -3.46. The maximum absolute atomic E-state index is 13.0. The molecule has 3 N–H and O–H groups in total. The van der Waals surface area contributed by atoms with Crippen LogP contribution in [0.4, 0.5) is 8.78 Å². The molecule has 0 bridgehead atoms. The number of amides is 1. The first-order chi connectivity index (χ1) is 8.77. The van der Waals surface area contributed by atoms with Gasteiger partial charge in [0.2, 0.25) is 5.91 Å². The minimum atomic E-state index is -3.06. The molecule has 0 atom stereocenters. The molecule has 0 aromatic heterocycles. The number of hydrogen-bond acceptors (Lipinski definition) is 2. The first-order valence-corrected chi connectivity index (χ1v) is 6.17. The zero-order valence-electron chi connectivity index (χ0n) is 11.7. The Kier molecular flexibility index (Phi) is 7.09. The van der Waals surface area contributed by atoms with Crippen LogP contribution in [0.2, 0.25) is 0 Å². The van der Waals surface area contributed by atoms with Gasteiger partial charge in [-0.15, -0.1) is 12.4 Å². The van der Waals surface area contributed by atoms with E-state index in [-0.39, 0.29) is 12.4 Å². The molecule has 1 aromatic carbocycles. The summed E-state index contributed by atoms with van der Waals surface area (Å²) in [6.07, 6.45) is 0.494. The standard InChI is InChI=1S/C14H20F2N2O.ClH/c1-13(2,8-11-6-4-3-5-7-11)12(19)18-10-14(15,16)9-17;/h3-7H,8-10,17H2,1-2H3,(H,18,19);1H. The van der Waals surface area contributed by atoms with Crippen molar-refractivity contribution < 1.29 is 13.6 Å². The van der Waals surface area contributed by atoms with Gasteiger partial charge in [-0.3, -0.25) is 4.79 Å². The molecule has 0 unspecified atom stereocenters. The lowest BCUT2D eigenvalue weighted by Crippen LogP contribution is -2.46. The summed E-state index contributed by atoms with van der Waals surface area (Å²) < 4.78 is 26.0. The Hall–Kier alpha value is -1.20. The third kappa shape index (κ3) is 5.84. The Bertz CT molecular complexity index is 424. The van der Waals surface area contributed by atoms with Gasteiger partial charge in [-0.05, 0) is 12.0 Å². The molecule has 0 aliphatic heterocycles. The van der Waals surface area contributed by atoms with Crippen LogP contribution in [0.3, 0.4) is 0 Å². The summed E-state index contributed by atoms with van der Waals surface area (Å²) in [5, 5.41) is 2.27. The predicted molar refractivity (Wildman–Crippen MR) is 78.2 cm³/mol. The molecule has 114 valence electrons. The SMILES string of the molecule is CC(C)(Cc1ccccc1)C(=O)NCC(F)(F)CN.Cl. The molecule has 3 nitrogen and oxygen atoms in total. The highest BCUT2D eigenvalue weighted by molar-refractivity contribution is 5.85. The van der Waals surface area contributed by atoms with E-state index in [1.165, 1.54) is 0 Å². The second-order valence-electron chi connectivity index (χ2n) is 5.29. The first kappa shape index (κ1) is 18.8. The number of alkyl halides is 2. The van der Waals surface area contributed by atoms with Crippen LogP contribution in [0, 0.1) is 5.41 Å². The van der Waals surface area contributed by atoms with Gasteiger partial charge < -0.3 is 11.1 Å². The highest BCUT2D eigenvalue weighted by atomic mass is 35.5. The normalized spacial score (nSPS) is 11.7. The lowest BCUT2D eigenvalue weighted by atomic mass is 9.85. The second kappa shape index (κ2) is 7.55. The molecule has 0 saturated carbocycles. The van der Waals surface area contributed by atoms with Crippen LogP contribution in [0.15, 0.2) is 30.3 Å². The van der Waals surface area contributed by atoms with Gasteiger partial charge in [-0.25, -0.2) is 8.78 Å². The number of nitrogens with two attached hydrogens (primary N) is 1. The molecule has 0 fully saturated rings. The van der Waals surface area contributed by atoms with Crippen LogP contribution in [0.5, 0.6) is 0 Å². The molecule has 0 saturated heterocycles. The average Bonchev–Trinajstić information content (AvgIpc) is 2.36. The van der Waals surface area contributed by atoms with Crippen LogP contribution in [0.1, 0.15) is 19.4 Å². The Balaban J connectivity index is 0.00000361. The van der Waals surface area contributed by atoms with E-state index < -0.39 is 30.3 Å². The molecule has 1 rings (SSSR count). The van der Waals surface area contributed by atoms with E-state index in [1.54, 1.807) is 13.8 Å². The number of benzene rings is 1. The molecular weight excluding hydrogens is 286 g/mol. The molecule has 0 aliphatic rings. The fourth-order valence-electron chi connectivity index (χ4n) is 1.71. The van der Waals surface area contributed by atoms with E-state index in [2.05, 4.69) is 5.32 Å². The molecule has 1 amide bonds. The van der Waals surface area contributed by atoms with Gasteiger partial charge in [0.1, 0.15) is 0 Å². The van der Waals surface area contributed by atoms with Crippen LogP contribution < -0.4 is 11.1 Å². The van der Waals surface area contributed by atoms with Crippen molar-refractivity contribution in [3.05, 3.63) is 35.9 Å². The van der Waals surface area contributed by atoms with Gasteiger partial charge in [0.05, 0.1) is 13.1 Å². The van der Waals surface area contributed by atoms with E-state index >= 15 is 0 Å². The predicted octanol–water partition coefficient (Wildman–Crippen LogP) is 2.39. The molecule has 0 spiro atoms. The third-order valence-corrected chi connectivity index (χ3v) is 2.91. The number of carbonyl (C=O) groups is 1. The maximum Gasteiger partial charge on any atom is 0.277 e. The maximum atomic E-state index is 13.0. The van der Waals surface area contributed by atoms with E-state index in [9.17, 15) is 13.6 Å². The Morgan fingerprint density at radius 1 is 1.25 bits per heavy atom. The quantitative estimate of drug-likeness (QED) is 0.848. The number of nitrogens with one attached hydrogen (secondary N) is 1. The molecule has 6 heteroatoms. The van der Waals surface area contributed by atoms with Gasteiger partial charge >= 0.3 is 0 Å². The molecule has 1 aromatic rings. The summed E-state index contributed by atoms with van der Waals surface area (Å²) in [6.45, 7) is 1.97. The number of hydrogen-bond donors (Lipinski definition) is 2. The van der Waals surface area contributed by atoms with Crippen molar-refractivity contribution in [3.8, 4) is 0 Å². The zero-order chi connectivity index (χ0) is 14.5. The molecule has 0 aliphatic carbocycles. The van der Waals surface area contributed by atoms with Crippen molar-refractivity contribution in [2.75, 3.05) is 13.1 Å². The lowest BCUT2D eigenvalue weighted by Gasteiger charge is -2.25. The van der Waals surface area contributed by atoms with Crippen LogP contribution in [-0.2, 0) is 11.2 Å². The first-order valence-electron chi connectivity index (χ1n) is 6.17. The largest absolute Gasteiger partial charge is 0.350 e. The topological polar surface area (TPSA) is 55.1 Å². The van der Waals surface area contributed by atoms with Gasteiger partial charge in [0.15, 0.2) is 0 Å². The molecular formula is C14H21ClF2N2O. The monoisotopic (exact) mass is 306 g/mol. The van der Waals surface area contributed by atoms with Gasteiger partial charge in [0.25, 0.3) is 5.92 Å². The molecule has 0 heterocycles. The van der Waals surface area contributed by atoms with Crippen LogP contribution >= 0.6 is 12.4 Å². The van der Waals surface area contributed by atoms with Crippen LogP contribution in [-0.4, -0.2) is 24.9 Å². The number of carbonyl (C=O) groups excluding carboxylic acids is 1. The number of halogens is 3. The third-order valence-electron chi connectivity index (χ3n) is 2.91. The summed E-state index contributed by atoms with van der Waals surface area (Å²) in [5.41, 5.74) is 5.17. The van der Waals surface area contributed by atoms with Crippen molar-refractivity contribution in [2.45, 2.75) is 26.2 Å². The summed E-state index contributed by atoms with van der Waals surface area (Å²) in [6, 6.07) is 9.46. The Morgan fingerprint density at radius 3 is 2.30 bits per heavy atom. The van der Waals surface area contributed by atoms with Crippen LogP contribution in [0.25, 0.3) is 0 Å².